The molecule has 0 aliphatic carbocycles. The first-order chi connectivity index (χ1) is 9.10. The molecule has 2 rings (SSSR count). The summed E-state index contributed by atoms with van der Waals surface area (Å²) < 4.78 is 7.35. The Balaban J connectivity index is 2.18. The maximum absolute atomic E-state index is 5.99. The summed E-state index contributed by atoms with van der Waals surface area (Å²) in [6.45, 7) is 0.654. The Morgan fingerprint density at radius 3 is 2.68 bits per heavy atom. The third-order valence-electron chi connectivity index (χ3n) is 2.64. The SMILES string of the molecule is COc1ccc(Br)cc1CNc1cc(Cl)ccc1Br. The van der Waals surface area contributed by atoms with Crippen LogP contribution in [0.1, 0.15) is 5.56 Å². The molecule has 0 fully saturated rings. The van der Waals surface area contributed by atoms with Crippen LogP contribution in [0.4, 0.5) is 5.69 Å². The summed E-state index contributed by atoms with van der Waals surface area (Å²) >= 11 is 12.9. The van der Waals surface area contributed by atoms with E-state index in [0.717, 1.165) is 25.9 Å². The van der Waals surface area contributed by atoms with Crippen molar-refractivity contribution >= 4 is 49.1 Å². The lowest BCUT2D eigenvalue weighted by atomic mass is 10.2. The van der Waals surface area contributed by atoms with E-state index in [-0.39, 0.29) is 0 Å². The molecule has 0 aromatic heterocycles. The fourth-order valence-corrected chi connectivity index (χ4v) is 2.68. The molecule has 0 bridgehead atoms. The Labute approximate surface area is 134 Å². The van der Waals surface area contributed by atoms with Crippen LogP contribution in [0.15, 0.2) is 45.3 Å². The van der Waals surface area contributed by atoms with Gasteiger partial charge in [0.15, 0.2) is 0 Å². The molecule has 0 saturated heterocycles. The molecule has 19 heavy (non-hydrogen) atoms. The number of halogens is 3. The van der Waals surface area contributed by atoms with Crippen molar-refractivity contribution in [2.24, 2.45) is 0 Å². The summed E-state index contributed by atoms with van der Waals surface area (Å²) in [4.78, 5) is 0. The smallest absolute Gasteiger partial charge is 0.123 e. The molecule has 0 amide bonds. The minimum absolute atomic E-state index is 0.654. The van der Waals surface area contributed by atoms with Crippen LogP contribution < -0.4 is 10.1 Å². The van der Waals surface area contributed by atoms with Crippen molar-refractivity contribution in [2.75, 3.05) is 12.4 Å². The molecule has 0 radical (unpaired) electrons. The lowest BCUT2D eigenvalue weighted by Crippen LogP contribution is -2.02. The van der Waals surface area contributed by atoms with E-state index in [9.17, 15) is 0 Å². The van der Waals surface area contributed by atoms with Crippen LogP contribution in [-0.2, 0) is 6.54 Å². The van der Waals surface area contributed by atoms with Gasteiger partial charge in [0, 0.05) is 26.1 Å². The van der Waals surface area contributed by atoms with Crippen molar-refractivity contribution in [3.05, 3.63) is 55.9 Å². The minimum atomic E-state index is 0.654. The van der Waals surface area contributed by atoms with Crippen LogP contribution in [0.2, 0.25) is 5.02 Å². The Kier molecular flexibility index (Phi) is 5.13. The van der Waals surface area contributed by atoms with Gasteiger partial charge < -0.3 is 10.1 Å². The van der Waals surface area contributed by atoms with Crippen LogP contribution in [0, 0.1) is 0 Å². The number of methoxy groups -OCH3 is 1. The fraction of sp³-hybridized carbons (Fsp3) is 0.143. The Morgan fingerprint density at radius 2 is 1.95 bits per heavy atom. The summed E-state index contributed by atoms with van der Waals surface area (Å²) in [6, 6.07) is 11.6. The summed E-state index contributed by atoms with van der Waals surface area (Å²) in [5.74, 6) is 0.855. The summed E-state index contributed by atoms with van der Waals surface area (Å²) in [6.07, 6.45) is 0. The summed E-state index contributed by atoms with van der Waals surface area (Å²) in [7, 11) is 1.67. The third kappa shape index (κ3) is 3.88. The lowest BCUT2D eigenvalue weighted by Gasteiger charge is -2.12. The van der Waals surface area contributed by atoms with Gasteiger partial charge in [0.05, 0.1) is 12.8 Å². The Morgan fingerprint density at radius 1 is 1.16 bits per heavy atom. The molecule has 2 aromatic carbocycles. The second-order valence-electron chi connectivity index (χ2n) is 3.93. The monoisotopic (exact) mass is 403 g/mol. The van der Waals surface area contributed by atoms with Crippen LogP contribution in [0.3, 0.4) is 0 Å². The topological polar surface area (TPSA) is 21.3 Å². The number of rotatable bonds is 4. The highest BCUT2D eigenvalue weighted by atomic mass is 79.9. The van der Waals surface area contributed by atoms with Crippen molar-refractivity contribution in [3.8, 4) is 5.75 Å². The van der Waals surface area contributed by atoms with E-state index in [2.05, 4.69) is 37.2 Å². The van der Waals surface area contributed by atoms with Crippen LogP contribution in [0.25, 0.3) is 0 Å². The van der Waals surface area contributed by atoms with Crippen molar-refractivity contribution < 1.29 is 4.74 Å². The molecule has 0 spiro atoms. The van der Waals surface area contributed by atoms with E-state index in [0.29, 0.717) is 11.6 Å². The normalized spacial score (nSPS) is 10.3. The molecule has 2 nitrogen and oxygen atoms in total. The van der Waals surface area contributed by atoms with Crippen molar-refractivity contribution in [2.45, 2.75) is 6.54 Å². The molecular formula is C14H12Br2ClNO. The van der Waals surface area contributed by atoms with Gasteiger partial charge in [-0.25, -0.2) is 0 Å². The maximum atomic E-state index is 5.99. The fourth-order valence-electron chi connectivity index (χ4n) is 1.71. The van der Waals surface area contributed by atoms with E-state index < -0.39 is 0 Å². The number of hydrogen-bond acceptors (Lipinski definition) is 2. The quantitative estimate of drug-likeness (QED) is 0.727. The summed E-state index contributed by atoms with van der Waals surface area (Å²) in [5, 5.41) is 4.04. The molecule has 0 saturated carbocycles. The van der Waals surface area contributed by atoms with Gasteiger partial charge in [-0.05, 0) is 52.3 Å². The van der Waals surface area contributed by atoms with Gasteiger partial charge in [-0.15, -0.1) is 0 Å². The molecule has 2 aromatic rings. The first-order valence-electron chi connectivity index (χ1n) is 5.61. The zero-order chi connectivity index (χ0) is 13.8. The third-order valence-corrected chi connectivity index (χ3v) is 4.06. The average molecular weight is 406 g/mol. The molecule has 0 heterocycles. The minimum Gasteiger partial charge on any atom is -0.496 e. The van der Waals surface area contributed by atoms with E-state index in [1.54, 1.807) is 7.11 Å². The molecule has 1 N–H and O–H groups in total. The first-order valence-corrected chi connectivity index (χ1v) is 7.58. The highest BCUT2D eigenvalue weighted by molar-refractivity contribution is 9.10. The molecule has 5 heteroatoms. The molecular weight excluding hydrogens is 393 g/mol. The predicted molar refractivity (Wildman–Crippen MR) is 87.2 cm³/mol. The Hall–Kier alpha value is -0.710. The van der Waals surface area contributed by atoms with Crippen LogP contribution in [0.5, 0.6) is 5.75 Å². The van der Waals surface area contributed by atoms with E-state index in [1.165, 1.54) is 0 Å². The van der Waals surface area contributed by atoms with Crippen molar-refractivity contribution in [1.29, 1.82) is 0 Å². The predicted octanol–water partition coefficient (Wildman–Crippen LogP) is 5.49. The number of nitrogens with one attached hydrogen (secondary N) is 1. The zero-order valence-electron chi connectivity index (χ0n) is 10.2. The van der Waals surface area contributed by atoms with Crippen LogP contribution in [-0.4, -0.2) is 7.11 Å². The highest BCUT2D eigenvalue weighted by Gasteiger charge is 2.05. The molecule has 0 aliphatic rings. The van der Waals surface area contributed by atoms with E-state index >= 15 is 0 Å². The van der Waals surface area contributed by atoms with Gasteiger partial charge in [-0.1, -0.05) is 27.5 Å². The highest BCUT2D eigenvalue weighted by Crippen LogP contribution is 2.28. The van der Waals surface area contributed by atoms with Gasteiger partial charge in [0.2, 0.25) is 0 Å². The number of hydrogen-bond donors (Lipinski definition) is 1. The number of anilines is 1. The van der Waals surface area contributed by atoms with Gasteiger partial charge >= 0.3 is 0 Å². The van der Waals surface area contributed by atoms with E-state index in [4.69, 9.17) is 16.3 Å². The molecule has 0 atom stereocenters. The second kappa shape index (κ2) is 6.64. The maximum Gasteiger partial charge on any atom is 0.123 e. The zero-order valence-corrected chi connectivity index (χ0v) is 14.1. The first kappa shape index (κ1) is 14.7. The lowest BCUT2D eigenvalue weighted by molar-refractivity contribution is 0.410. The number of benzene rings is 2. The largest absolute Gasteiger partial charge is 0.496 e. The number of ether oxygens (including phenoxy) is 1. The van der Waals surface area contributed by atoms with Gasteiger partial charge in [-0.3, -0.25) is 0 Å². The second-order valence-corrected chi connectivity index (χ2v) is 6.14. The van der Waals surface area contributed by atoms with Crippen molar-refractivity contribution in [3.63, 3.8) is 0 Å². The molecule has 0 aliphatic heterocycles. The van der Waals surface area contributed by atoms with Crippen LogP contribution >= 0.6 is 43.5 Å². The average Bonchev–Trinajstić information content (AvgIpc) is 2.40. The Bertz CT molecular complexity index is 590. The summed E-state index contributed by atoms with van der Waals surface area (Å²) in [5.41, 5.74) is 2.03. The van der Waals surface area contributed by atoms with Gasteiger partial charge in [0.1, 0.15) is 5.75 Å². The molecule has 0 unspecified atom stereocenters. The van der Waals surface area contributed by atoms with E-state index in [1.807, 2.05) is 36.4 Å². The van der Waals surface area contributed by atoms with Gasteiger partial charge in [-0.2, -0.15) is 0 Å². The van der Waals surface area contributed by atoms with Gasteiger partial charge in [0.25, 0.3) is 0 Å². The van der Waals surface area contributed by atoms with Crippen molar-refractivity contribution in [1.82, 2.24) is 0 Å². The standard InChI is InChI=1S/C14H12Br2ClNO/c1-19-14-5-2-10(15)6-9(14)8-18-13-7-11(17)3-4-12(13)16/h2-7,18H,8H2,1H3. The molecule has 100 valence electrons.